The van der Waals surface area contributed by atoms with Gasteiger partial charge in [-0.05, 0) is 48.9 Å². The number of benzene rings is 1. The van der Waals surface area contributed by atoms with Gasteiger partial charge >= 0.3 is 5.69 Å². The first kappa shape index (κ1) is 30.0. The molecule has 0 fully saturated rings. The highest BCUT2D eigenvalue weighted by molar-refractivity contribution is 6.31. The van der Waals surface area contributed by atoms with Gasteiger partial charge in [-0.3, -0.25) is 23.9 Å². The van der Waals surface area contributed by atoms with Gasteiger partial charge in [0.1, 0.15) is 11.6 Å². The van der Waals surface area contributed by atoms with Gasteiger partial charge in [0.15, 0.2) is 5.69 Å². The van der Waals surface area contributed by atoms with Gasteiger partial charge in [0, 0.05) is 31.6 Å². The zero-order chi connectivity index (χ0) is 27.9. The van der Waals surface area contributed by atoms with E-state index >= 15 is 0 Å². The fraction of sp³-hybridized carbons (Fsp3) is 0.538. The maximum Gasteiger partial charge on any atom is 0.330 e. The molecule has 0 atom stereocenters. The molecule has 2 rings (SSSR count). The molecule has 37 heavy (non-hydrogen) atoms. The smallest absolute Gasteiger partial charge is 0.330 e. The normalized spacial score (nSPS) is 11.2. The van der Waals surface area contributed by atoms with Gasteiger partial charge in [-0.2, -0.15) is 0 Å². The number of hydrogen-bond acceptors (Lipinski definition) is 6. The lowest BCUT2D eigenvalue weighted by Crippen LogP contribution is -2.47. The van der Waals surface area contributed by atoms with Crippen molar-refractivity contribution in [2.75, 3.05) is 37.4 Å². The van der Waals surface area contributed by atoms with Crippen molar-refractivity contribution in [1.29, 1.82) is 0 Å². The molecule has 10 nitrogen and oxygen atoms in total. The second kappa shape index (κ2) is 13.3. The molecule has 0 spiro atoms. The van der Waals surface area contributed by atoms with Crippen LogP contribution in [-0.4, -0.2) is 53.0 Å². The van der Waals surface area contributed by atoms with Crippen LogP contribution in [0, 0.1) is 18.8 Å². The van der Waals surface area contributed by atoms with Gasteiger partial charge in [0.2, 0.25) is 11.8 Å². The minimum absolute atomic E-state index is 0.00267. The molecule has 2 amide bonds. The number of nitrogens with two attached hydrogens (primary N) is 1. The number of amides is 2. The van der Waals surface area contributed by atoms with Crippen LogP contribution in [0.15, 0.2) is 27.8 Å². The number of aromatic nitrogens is 2. The Kier molecular flexibility index (Phi) is 10.8. The first-order valence-electron chi connectivity index (χ1n) is 12.4. The third kappa shape index (κ3) is 8.38. The predicted octanol–water partition coefficient (Wildman–Crippen LogP) is 3.04. The second-order valence-corrected chi connectivity index (χ2v) is 10.4. The van der Waals surface area contributed by atoms with Crippen LogP contribution in [0.1, 0.15) is 46.1 Å². The summed E-state index contributed by atoms with van der Waals surface area (Å²) in [6, 6.07) is 5.35. The maximum atomic E-state index is 13.3. The van der Waals surface area contributed by atoms with Crippen molar-refractivity contribution in [3.8, 4) is 5.75 Å². The molecule has 0 radical (unpaired) electrons. The molecule has 0 saturated carbocycles. The first-order chi connectivity index (χ1) is 17.3. The van der Waals surface area contributed by atoms with Crippen molar-refractivity contribution in [1.82, 2.24) is 14.5 Å². The lowest BCUT2D eigenvalue weighted by Gasteiger charge is -2.28. The predicted molar refractivity (Wildman–Crippen MR) is 146 cm³/mol. The van der Waals surface area contributed by atoms with E-state index in [0.29, 0.717) is 23.8 Å². The number of carbonyl (C=O) groups is 2. The number of aromatic amines is 1. The van der Waals surface area contributed by atoms with Crippen molar-refractivity contribution in [2.24, 2.45) is 11.8 Å². The number of nitrogen functional groups attached to an aromatic ring is 1. The van der Waals surface area contributed by atoms with Crippen LogP contribution in [0.3, 0.4) is 0 Å². The molecule has 3 N–H and O–H groups in total. The highest BCUT2D eigenvalue weighted by Gasteiger charge is 2.27. The summed E-state index contributed by atoms with van der Waals surface area (Å²) in [7, 11) is 1.53. The minimum atomic E-state index is -0.736. The number of likely N-dealkylation sites (N-methyl/N-ethyl adjacent to an activating group) is 1. The average Bonchev–Trinajstić information content (AvgIpc) is 2.80. The van der Waals surface area contributed by atoms with Crippen LogP contribution in [0.5, 0.6) is 5.75 Å². The second-order valence-electron chi connectivity index (χ2n) is 10.0. The van der Waals surface area contributed by atoms with E-state index in [2.05, 4.69) is 4.98 Å². The van der Waals surface area contributed by atoms with Crippen LogP contribution in [-0.2, 0) is 16.1 Å². The van der Waals surface area contributed by atoms with Gasteiger partial charge in [0.05, 0.1) is 13.2 Å². The number of H-pyrrole nitrogens is 1. The number of rotatable bonds is 12. The first-order valence-corrected chi connectivity index (χ1v) is 12.7. The highest BCUT2D eigenvalue weighted by atomic mass is 35.5. The Bertz CT molecular complexity index is 1220. The molecule has 1 heterocycles. The van der Waals surface area contributed by atoms with Gasteiger partial charge in [-0.25, -0.2) is 4.79 Å². The summed E-state index contributed by atoms with van der Waals surface area (Å²) in [4.78, 5) is 55.9. The number of hydrogen-bond donors (Lipinski definition) is 2. The Morgan fingerprint density at radius 2 is 1.81 bits per heavy atom. The van der Waals surface area contributed by atoms with Gasteiger partial charge in [-0.15, -0.1) is 0 Å². The molecule has 0 aliphatic rings. The highest BCUT2D eigenvalue weighted by Crippen LogP contribution is 2.22. The molecule has 0 aliphatic carbocycles. The Morgan fingerprint density at radius 3 is 2.41 bits per heavy atom. The quantitative estimate of drug-likeness (QED) is 0.402. The van der Waals surface area contributed by atoms with E-state index in [1.54, 1.807) is 12.1 Å². The summed E-state index contributed by atoms with van der Waals surface area (Å²) in [5.74, 6) is -0.0130. The van der Waals surface area contributed by atoms with Crippen LogP contribution >= 0.6 is 11.6 Å². The molecular formula is C26H38ClN5O5. The standard InChI is InChI=1S/C26H38ClN5O5/c1-16(2)13-31(23-24(28)32(14-17(3)4)26(36)29-25(23)35)22(34)15-30(6)21(33)8-7-11-37-19-9-10-20(27)18(5)12-19/h9-10,12,16-17H,7-8,11,13-15,28H2,1-6H3,(H,29,35,36). The van der Waals surface area contributed by atoms with Gasteiger partial charge < -0.3 is 20.3 Å². The molecule has 1 aromatic heterocycles. The number of aryl methyl sites for hydroxylation is 1. The minimum Gasteiger partial charge on any atom is -0.494 e. The van der Waals surface area contributed by atoms with E-state index in [1.165, 1.54) is 21.4 Å². The number of carbonyl (C=O) groups excluding carboxylic acids is 2. The SMILES string of the molecule is Cc1cc(OCCCC(=O)N(C)CC(=O)N(CC(C)C)c2c(N)n(CC(C)C)c(=O)[nH]c2=O)ccc1Cl. The molecule has 0 unspecified atom stereocenters. The third-order valence-corrected chi connectivity index (χ3v) is 6.04. The zero-order valence-electron chi connectivity index (χ0n) is 22.5. The topological polar surface area (TPSA) is 131 Å². The third-order valence-electron chi connectivity index (χ3n) is 5.61. The van der Waals surface area contributed by atoms with Gasteiger partial charge in [0.25, 0.3) is 5.56 Å². The number of anilines is 2. The van der Waals surface area contributed by atoms with E-state index in [1.807, 2.05) is 40.7 Å². The van der Waals surface area contributed by atoms with Crippen LogP contribution in [0.4, 0.5) is 11.5 Å². The monoisotopic (exact) mass is 535 g/mol. The van der Waals surface area contributed by atoms with Crippen LogP contribution in [0.2, 0.25) is 5.02 Å². The van der Waals surface area contributed by atoms with Crippen LogP contribution in [0.25, 0.3) is 0 Å². The number of nitrogens with zero attached hydrogens (tertiary/aromatic N) is 3. The van der Waals surface area contributed by atoms with Crippen LogP contribution < -0.4 is 26.6 Å². The Hall–Kier alpha value is -3.27. The maximum absolute atomic E-state index is 13.3. The summed E-state index contributed by atoms with van der Waals surface area (Å²) >= 11 is 6.02. The molecule has 2 aromatic rings. The lowest BCUT2D eigenvalue weighted by molar-refractivity contribution is -0.134. The van der Waals surface area contributed by atoms with Crippen molar-refractivity contribution in [3.63, 3.8) is 0 Å². The summed E-state index contributed by atoms with van der Waals surface area (Å²) in [5.41, 5.74) is 5.70. The van der Waals surface area contributed by atoms with E-state index in [0.717, 1.165) is 5.56 Å². The summed E-state index contributed by atoms with van der Waals surface area (Å²) in [5, 5.41) is 0.655. The van der Waals surface area contributed by atoms with E-state index in [4.69, 9.17) is 22.1 Å². The summed E-state index contributed by atoms with van der Waals surface area (Å²) < 4.78 is 6.95. The molecule has 0 saturated heterocycles. The van der Waals surface area contributed by atoms with E-state index in [-0.39, 0.29) is 55.3 Å². The fourth-order valence-electron chi connectivity index (χ4n) is 3.76. The molecule has 0 bridgehead atoms. The molecular weight excluding hydrogens is 498 g/mol. The number of ether oxygens (including phenoxy) is 1. The van der Waals surface area contributed by atoms with E-state index < -0.39 is 17.2 Å². The zero-order valence-corrected chi connectivity index (χ0v) is 23.2. The molecule has 1 aromatic carbocycles. The van der Waals surface area contributed by atoms with Crippen molar-refractivity contribution in [2.45, 2.75) is 54.0 Å². The summed E-state index contributed by atoms with van der Waals surface area (Å²) in [6.07, 6.45) is 0.643. The Balaban J connectivity index is 2.09. The average molecular weight is 536 g/mol. The Morgan fingerprint density at radius 1 is 1.14 bits per heavy atom. The summed E-state index contributed by atoms with van der Waals surface area (Å²) in [6.45, 7) is 10.1. The number of halogens is 1. The molecule has 0 aliphatic heterocycles. The largest absolute Gasteiger partial charge is 0.494 e. The van der Waals surface area contributed by atoms with Crippen molar-refractivity contribution < 1.29 is 14.3 Å². The lowest BCUT2D eigenvalue weighted by atomic mass is 10.2. The van der Waals surface area contributed by atoms with Crippen molar-refractivity contribution in [3.05, 3.63) is 49.6 Å². The fourth-order valence-corrected chi connectivity index (χ4v) is 3.87. The van der Waals surface area contributed by atoms with Crippen molar-refractivity contribution >= 4 is 34.9 Å². The number of nitrogens with one attached hydrogen (secondary N) is 1. The Labute approximate surface area is 222 Å². The molecule has 204 valence electrons. The van der Waals surface area contributed by atoms with E-state index in [9.17, 15) is 19.2 Å². The van der Waals surface area contributed by atoms with Gasteiger partial charge in [-0.1, -0.05) is 39.3 Å². The molecule has 11 heteroatoms.